The summed E-state index contributed by atoms with van der Waals surface area (Å²) in [5.41, 5.74) is 0. The lowest BCUT2D eigenvalue weighted by Gasteiger charge is -2.26. The average Bonchev–Trinajstić information content (AvgIpc) is 2.58. The van der Waals surface area contributed by atoms with Gasteiger partial charge in [0.05, 0.1) is 0 Å². The van der Waals surface area contributed by atoms with Gasteiger partial charge in [-0.15, -0.1) is 0 Å². The van der Waals surface area contributed by atoms with E-state index < -0.39 is 0 Å². The lowest BCUT2D eigenvalue weighted by Crippen LogP contribution is -2.36. The van der Waals surface area contributed by atoms with Crippen LogP contribution in [0.15, 0.2) is 0 Å². The molecule has 1 aliphatic rings. The van der Waals surface area contributed by atoms with Crippen molar-refractivity contribution in [1.29, 1.82) is 0 Å². The molecular weight excluding hydrogens is 214 g/mol. The van der Waals surface area contributed by atoms with Gasteiger partial charge >= 0.3 is 0 Å². The van der Waals surface area contributed by atoms with Crippen LogP contribution in [0.2, 0.25) is 0 Å². The van der Waals surface area contributed by atoms with Crippen molar-refractivity contribution in [2.24, 2.45) is 5.92 Å². The maximum absolute atomic E-state index is 3.56. The van der Waals surface area contributed by atoms with Crippen LogP contribution in [-0.4, -0.2) is 24.1 Å². The highest BCUT2D eigenvalue weighted by atomic mass is 32.2. The van der Waals surface area contributed by atoms with Crippen LogP contribution < -0.4 is 5.32 Å². The first kappa shape index (κ1) is 14.4. The van der Waals surface area contributed by atoms with Gasteiger partial charge in [-0.05, 0) is 32.2 Å². The van der Waals surface area contributed by atoms with E-state index in [1.54, 1.807) is 0 Å². The predicted octanol–water partition coefficient (Wildman–Crippen LogP) is 4.08. The number of thioether (sulfide) groups is 1. The summed E-state index contributed by atoms with van der Waals surface area (Å²) < 4.78 is 0. The third-order valence-corrected chi connectivity index (χ3v) is 5.43. The highest BCUT2D eigenvalue weighted by molar-refractivity contribution is 7.99. The Bertz CT molecular complexity index is 164. The van der Waals surface area contributed by atoms with Gasteiger partial charge < -0.3 is 5.32 Å². The smallest absolute Gasteiger partial charge is 0.0183 e. The minimum atomic E-state index is 0.747. The molecular formula is C14H29NS. The standard InChI is InChI=1S/C14H29NS/c1-4-12(2)16-11-14(15-3)13-9-7-5-6-8-10-13/h12-15H,4-11H2,1-3H3. The summed E-state index contributed by atoms with van der Waals surface area (Å²) in [4.78, 5) is 0. The molecule has 96 valence electrons. The van der Waals surface area contributed by atoms with Crippen molar-refractivity contribution >= 4 is 11.8 Å². The molecule has 0 saturated heterocycles. The second-order valence-corrected chi connectivity index (χ2v) is 6.67. The van der Waals surface area contributed by atoms with E-state index in [2.05, 4.69) is 38.0 Å². The van der Waals surface area contributed by atoms with E-state index >= 15 is 0 Å². The van der Waals surface area contributed by atoms with E-state index in [4.69, 9.17) is 0 Å². The highest BCUT2D eigenvalue weighted by Gasteiger charge is 2.21. The van der Waals surface area contributed by atoms with Gasteiger partial charge in [0.15, 0.2) is 0 Å². The molecule has 0 heterocycles. The minimum Gasteiger partial charge on any atom is -0.316 e. The minimum absolute atomic E-state index is 0.747. The lowest BCUT2D eigenvalue weighted by atomic mass is 9.93. The average molecular weight is 243 g/mol. The second kappa shape index (κ2) is 8.41. The number of hydrogen-bond acceptors (Lipinski definition) is 2. The molecule has 1 rings (SSSR count). The first-order valence-corrected chi connectivity index (χ1v) is 8.11. The van der Waals surface area contributed by atoms with Crippen molar-refractivity contribution in [2.75, 3.05) is 12.8 Å². The summed E-state index contributed by atoms with van der Waals surface area (Å²) in [5.74, 6) is 2.24. The van der Waals surface area contributed by atoms with Crippen LogP contribution in [0.1, 0.15) is 58.8 Å². The van der Waals surface area contributed by atoms with E-state index in [1.165, 1.54) is 50.7 Å². The van der Waals surface area contributed by atoms with E-state index in [-0.39, 0.29) is 0 Å². The zero-order valence-corrected chi connectivity index (χ0v) is 12.1. The maximum atomic E-state index is 3.56. The molecule has 0 radical (unpaired) electrons. The summed E-state index contributed by atoms with van der Waals surface area (Å²) >= 11 is 2.15. The Hall–Kier alpha value is 0.310. The van der Waals surface area contributed by atoms with Gasteiger partial charge in [0.25, 0.3) is 0 Å². The summed E-state index contributed by atoms with van der Waals surface area (Å²) in [7, 11) is 2.15. The van der Waals surface area contributed by atoms with Crippen molar-refractivity contribution in [1.82, 2.24) is 5.32 Å². The fourth-order valence-corrected chi connectivity index (χ4v) is 3.76. The zero-order chi connectivity index (χ0) is 11.8. The van der Waals surface area contributed by atoms with Crippen molar-refractivity contribution in [3.05, 3.63) is 0 Å². The largest absolute Gasteiger partial charge is 0.316 e. The molecule has 1 aliphatic carbocycles. The van der Waals surface area contributed by atoms with Crippen LogP contribution in [0.25, 0.3) is 0 Å². The van der Waals surface area contributed by atoms with Crippen LogP contribution >= 0.6 is 11.8 Å². The molecule has 0 aliphatic heterocycles. The Morgan fingerprint density at radius 1 is 1.19 bits per heavy atom. The van der Waals surface area contributed by atoms with Gasteiger partial charge in [0.1, 0.15) is 0 Å². The molecule has 1 nitrogen and oxygen atoms in total. The molecule has 16 heavy (non-hydrogen) atoms. The molecule has 0 aromatic heterocycles. The van der Waals surface area contributed by atoms with Crippen LogP contribution in [0, 0.1) is 5.92 Å². The van der Waals surface area contributed by atoms with Crippen LogP contribution in [-0.2, 0) is 0 Å². The highest BCUT2D eigenvalue weighted by Crippen LogP contribution is 2.28. The summed E-state index contributed by atoms with van der Waals surface area (Å²) in [6, 6.07) is 0.747. The molecule has 0 bridgehead atoms. The van der Waals surface area contributed by atoms with Crippen molar-refractivity contribution in [2.45, 2.75) is 70.1 Å². The molecule has 2 atom stereocenters. The molecule has 0 aromatic rings. The number of rotatable bonds is 6. The van der Waals surface area contributed by atoms with Gasteiger partial charge in [-0.3, -0.25) is 0 Å². The Kier molecular flexibility index (Phi) is 7.55. The molecule has 0 amide bonds. The molecule has 0 spiro atoms. The van der Waals surface area contributed by atoms with Gasteiger partial charge in [0, 0.05) is 17.0 Å². The first-order chi connectivity index (χ1) is 7.77. The second-order valence-electron chi connectivity index (χ2n) is 5.20. The molecule has 2 unspecified atom stereocenters. The SMILES string of the molecule is CCC(C)SCC(NC)C1CCCCCC1. The van der Waals surface area contributed by atoms with E-state index in [9.17, 15) is 0 Å². The Balaban J connectivity index is 2.33. The van der Waals surface area contributed by atoms with Crippen LogP contribution in [0.3, 0.4) is 0 Å². The van der Waals surface area contributed by atoms with Crippen molar-refractivity contribution in [3.63, 3.8) is 0 Å². The van der Waals surface area contributed by atoms with E-state index in [0.717, 1.165) is 17.2 Å². The Morgan fingerprint density at radius 2 is 1.81 bits per heavy atom. The quantitative estimate of drug-likeness (QED) is 0.706. The van der Waals surface area contributed by atoms with Crippen molar-refractivity contribution < 1.29 is 0 Å². The molecule has 1 saturated carbocycles. The lowest BCUT2D eigenvalue weighted by molar-refractivity contribution is 0.358. The molecule has 2 heteroatoms. The first-order valence-electron chi connectivity index (χ1n) is 7.06. The van der Waals surface area contributed by atoms with E-state index in [0.29, 0.717) is 0 Å². The van der Waals surface area contributed by atoms with Crippen LogP contribution in [0.5, 0.6) is 0 Å². The van der Waals surface area contributed by atoms with E-state index in [1.807, 2.05) is 0 Å². The molecule has 1 fully saturated rings. The predicted molar refractivity (Wildman–Crippen MR) is 76.3 cm³/mol. The number of nitrogens with one attached hydrogen (secondary N) is 1. The Labute approximate surface area is 106 Å². The topological polar surface area (TPSA) is 12.0 Å². The zero-order valence-electron chi connectivity index (χ0n) is 11.3. The monoisotopic (exact) mass is 243 g/mol. The van der Waals surface area contributed by atoms with Crippen molar-refractivity contribution in [3.8, 4) is 0 Å². The summed E-state index contributed by atoms with van der Waals surface area (Å²) in [6.45, 7) is 4.64. The maximum Gasteiger partial charge on any atom is 0.0183 e. The third kappa shape index (κ3) is 5.09. The summed E-state index contributed by atoms with van der Waals surface area (Å²) in [5, 5.41) is 4.38. The van der Waals surface area contributed by atoms with Gasteiger partial charge in [-0.25, -0.2) is 0 Å². The summed E-state index contributed by atoms with van der Waals surface area (Å²) in [6.07, 6.45) is 10.0. The molecule has 0 aromatic carbocycles. The molecule has 1 N–H and O–H groups in total. The fraction of sp³-hybridized carbons (Fsp3) is 1.00. The Morgan fingerprint density at radius 3 is 2.31 bits per heavy atom. The number of hydrogen-bond donors (Lipinski definition) is 1. The third-order valence-electron chi connectivity index (χ3n) is 3.97. The normalized spacial score (nSPS) is 22.7. The van der Waals surface area contributed by atoms with Gasteiger partial charge in [-0.2, -0.15) is 11.8 Å². The fourth-order valence-electron chi connectivity index (χ4n) is 2.55. The van der Waals surface area contributed by atoms with Gasteiger partial charge in [-0.1, -0.05) is 39.5 Å². The van der Waals surface area contributed by atoms with Gasteiger partial charge in [0.2, 0.25) is 0 Å². The van der Waals surface area contributed by atoms with Crippen LogP contribution in [0.4, 0.5) is 0 Å².